The first-order chi connectivity index (χ1) is 9.43. The van der Waals surface area contributed by atoms with Gasteiger partial charge in [0.15, 0.2) is 0 Å². The Morgan fingerprint density at radius 1 is 1.40 bits per heavy atom. The Labute approximate surface area is 118 Å². The third-order valence-electron chi connectivity index (χ3n) is 2.86. The molecule has 1 atom stereocenters. The number of hydrogen-bond donors (Lipinski definition) is 3. The Morgan fingerprint density at radius 2 is 2.10 bits per heavy atom. The average molecular weight is 280 g/mol. The van der Waals surface area contributed by atoms with Crippen LogP contribution in [0.4, 0.5) is 4.79 Å². The van der Waals surface area contributed by atoms with E-state index in [-0.39, 0.29) is 13.0 Å². The van der Waals surface area contributed by atoms with Gasteiger partial charge in [-0.15, -0.1) is 0 Å². The Balaban J connectivity index is 2.60. The van der Waals surface area contributed by atoms with Crippen LogP contribution in [-0.2, 0) is 11.3 Å². The molecule has 0 heterocycles. The molecule has 0 aromatic heterocycles. The Bertz CT molecular complexity index is 476. The van der Waals surface area contributed by atoms with Crippen molar-refractivity contribution in [1.29, 1.82) is 0 Å². The van der Waals surface area contributed by atoms with Crippen LogP contribution < -0.4 is 5.32 Å². The molecule has 0 aliphatic carbocycles. The number of benzene rings is 1. The molecule has 0 aliphatic rings. The van der Waals surface area contributed by atoms with Crippen LogP contribution in [-0.4, -0.2) is 46.8 Å². The highest BCUT2D eigenvalue weighted by atomic mass is 16.4. The van der Waals surface area contributed by atoms with E-state index in [9.17, 15) is 9.59 Å². The first-order valence-electron chi connectivity index (χ1n) is 6.35. The van der Waals surface area contributed by atoms with Crippen LogP contribution in [0.15, 0.2) is 24.3 Å². The van der Waals surface area contributed by atoms with Crippen molar-refractivity contribution in [2.75, 3.05) is 13.7 Å². The molecule has 0 radical (unpaired) electrons. The highest BCUT2D eigenvalue weighted by Gasteiger charge is 2.21. The minimum Gasteiger partial charge on any atom is -0.480 e. The van der Waals surface area contributed by atoms with E-state index in [1.807, 2.05) is 31.2 Å². The normalized spacial score (nSPS) is 11.8. The lowest BCUT2D eigenvalue weighted by atomic mass is 10.1. The molecule has 6 heteroatoms. The van der Waals surface area contributed by atoms with Gasteiger partial charge in [-0.25, -0.2) is 9.59 Å². The standard InChI is InChI=1S/C14H20N2O4/c1-10-4-3-5-11(8-10)9-16(2)14(20)15-12(6-7-17)13(18)19/h3-5,8,12,17H,6-7,9H2,1-2H3,(H,15,20)(H,18,19)/t12-/m1/s1. The van der Waals surface area contributed by atoms with Gasteiger partial charge in [-0.05, 0) is 12.5 Å². The summed E-state index contributed by atoms with van der Waals surface area (Å²) in [6, 6.07) is 6.18. The van der Waals surface area contributed by atoms with E-state index in [0.29, 0.717) is 6.54 Å². The molecule has 6 nitrogen and oxygen atoms in total. The van der Waals surface area contributed by atoms with Crippen molar-refractivity contribution >= 4 is 12.0 Å². The lowest BCUT2D eigenvalue weighted by molar-refractivity contribution is -0.139. The number of aryl methyl sites for hydroxylation is 1. The number of rotatable bonds is 6. The van der Waals surface area contributed by atoms with Crippen LogP contribution in [0, 0.1) is 6.92 Å². The maximum atomic E-state index is 11.9. The number of carboxylic acid groups (broad SMARTS) is 1. The summed E-state index contributed by atoms with van der Waals surface area (Å²) < 4.78 is 0. The van der Waals surface area contributed by atoms with Crippen LogP contribution in [0.3, 0.4) is 0 Å². The van der Waals surface area contributed by atoms with Gasteiger partial charge < -0.3 is 20.4 Å². The van der Waals surface area contributed by atoms with Crippen molar-refractivity contribution in [2.45, 2.75) is 25.9 Å². The molecule has 0 bridgehead atoms. The van der Waals surface area contributed by atoms with Gasteiger partial charge in [0, 0.05) is 26.6 Å². The minimum atomic E-state index is -1.16. The molecule has 0 saturated carbocycles. The Hall–Kier alpha value is -2.08. The lowest BCUT2D eigenvalue weighted by Crippen LogP contribution is -2.46. The topological polar surface area (TPSA) is 89.9 Å². The Morgan fingerprint density at radius 3 is 2.65 bits per heavy atom. The highest BCUT2D eigenvalue weighted by Crippen LogP contribution is 2.07. The number of carboxylic acids is 1. The SMILES string of the molecule is Cc1cccc(CN(C)C(=O)N[C@H](CCO)C(=O)O)c1. The van der Waals surface area contributed by atoms with Gasteiger partial charge in [0.2, 0.25) is 0 Å². The third-order valence-corrected chi connectivity index (χ3v) is 2.86. The zero-order valence-corrected chi connectivity index (χ0v) is 11.7. The summed E-state index contributed by atoms with van der Waals surface area (Å²) in [5, 5.41) is 20.1. The zero-order valence-electron chi connectivity index (χ0n) is 11.7. The second-order valence-electron chi connectivity index (χ2n) is 4.70. The first-order valence-corrected chi connectivity index (χ1v) is 6.35. The summed E-state index contributed by atoms with van der Waals surface area (Å²) in [5.41, 5.74) is 2.07. The zero-order chi connectivity index (χ0) is 15.1. The fourth-order valence-electron chi connectivity index (χ4n) is 1.80. The Kier molecular flexibility index (Phi) is 5.99. The molecule has 1 aromatic carbocycles. The minimum absolute atomic E-state index is 0.0145. The molecule has 3 N–H and O–H groups in total. The second kappa shape index (κ2) is 7.49. The van der Waals surface area contributed by atoms with Gasteiger partial charge in [-0.1, -0.05) is 29.8 Å². The molecule has 0 unspecified atom stereocenters. The maximum Gasteiger partial charge on any atom is 0.326 e. The van der Waals surface area contributed by atoms with Gasteiger partial charge in [0.25, 0.3) is 0 Å². The quantitative estimate of drug-likeness (QED) is 0.724. The van der Waals surface area contributed by atoms with E-state index in [1.165, 1.54) is 4.90 Å². The molecule has 0 saturated heterocycles. The molecule has 0 spiro atoms. The van der Waals surface area contributed by atoms with Gasteiger partial charge in [0.05, 0.1) is 0 Å². The van der Waals surface area contributed by atoms with Crippen LogP contribution >= 0.6 is 0 Å². The third kappa shape index (κ3) is 4.89. The second-order valence-corrected chi connectivity index (χ2v) is 4.70. The fourth-order valence-corrected chi connectivity index (χ4v) is 1.80. The van der Waals surface area contributed by atoms with E-state index in [2.05, 4.69) is 5.32 Å². The summed E-state index contributed by atoms with van der Waals surface area (Å²) in [6.45, 7) is 2.06. The number of aliphatic carboxylic acids is 1. The molecule has 20 heavy (non-hydrogen) atoms. The number of carbonyl (C=O) groups excluding carboxylic acids is 1. The molecule has 0 aliphatic heterocycles. The van der Waals surface area contributed by atoms with E-state index in [4.69, 9.17) is 10.2 Å². The van der Waals surface area contributed by atoms with Crippen molar-refractivity contribution in [3.8, 4) is 0 Å². The number of urea groups is 1. The number of nitrogens with one attached hydrogen (secondary N) is 1. The molecule has 1 aromatic rings. The molecule has 1 rings (SSSR count). The van der Waals surface area contributed by atoms with Crippen molar-refractivity contribution in [3.05, 3.63) is 35.4 Å². The number of nitrogens with zero attached hydrogens (tertiary/aromatic N) is 1. The predicted octanol–water partition coefficient (Wildman–Crippen LogP) is 0.972. The summed E-state index contributed by atoms with van der Waals surface area (Å²) in [4.78, 5) is 24.2. The largest absolute Gasteiger partial charge is 0.480 e. The molecular weight excluding hydrogens is 260 g/mol. The molecule has 0 fully saturated rings. The monoisotopic (exact) mass is 280 g/mol. The van der Waals surface area contributed by atoms with Crippen LogP contribution in [0.2, 0.25) is 0 Å². The van der Waals surface area contributed by atoms with E-state index < -0.39 is 18.0 Å². The predicted molar refractivity (Wildman–Crippen MR) is 74.3 cm³/mol. The van der Waals surface area contributed by atoms with E-state index in [0.717, 1.165) is 11.1 Å². The van der Waals surface area contributed by atoms with Gasteiger partial charge in [-0.2, -0.15) is 0 Å². The van der Waals surface area contributed by atoms with Gasteiger partial charge in [-0.3, -0.25) is 0 Å². The number of aliphatic hydroxyl groups excluding tert-OH is 1. The number of amides is 2. The van der Waals surface area contributed by atoms with Crippen molar-refractivity contribution in [3.63, 3.8) is 0 Å². The van der Waals surface area contributed by atoms with Crippen LogP contribution in [0.1, 0.15) is 17.5 Å². The van der Waals surface area contributed by atoms with Crippen molar-refractivity contribution in [1.82, 2.24) is 10.2 Å². The summed E-state index contributed by atoms with van der Waals surface area (Å²) >= 11 is 0. The molecule has 110 valence electrons. The summed E-state index contributed by atoms with van der Waals surface area (Å²) in [7, 11) is 1.59. The lowest BCUT2D eigenvalue weighted by Gasteiger charge is -2.21. The number of aliphatic hydroxyl groups is 1. The van der Waals surface area contributed by atoms with E-state index in [1.54, 1.807) is 7.05 Å². The van der Waals surface area contributed by atoms with Gasteiger partial charge >= 0.3 is 12.0 Å². The van der Waals surface area contributed by atoms with Crippen molar-refractivity contribution < 1.29 is 19.8 Å². The highest BCUT2D eigenvalue weighted by molar-refractivity contribution is 5.82. The molecular formula is C14H20N2O4. The summed E-state index contributed by atoms with van der Waals surface area (Å²) in [5.74, 6) is -1.16. The van der Waals surface area contributed by atoms with Crippen LogP contribution in [0.5, 0.6) is 0 Å². The van der Waals surface area contributed by atoms with Gasteiger partial charge in [0.1, 0.15) is 6.04 Å². The van der Waals surface area contributed by atoms with Crippen molar-refractivity contribution in [2.24, 2.45) is 0 Å². The van der Waals surface area contributed by atoms with Crippen LogP contribution in [0.25, 0.3) is 0 Å². The number of carbonyl (C=O) groups is 2. The maximum absolute atomic E-state index is 11.9. The summed E-state index contributed by atoms with van der Waals surface area (Å²) in [6.07, 6.45) is -0.0145. The molecule has 2 amide bonds. The number of hydrogen-bond acceptors (Lipinski definition) is 3. The smallest absolute Gasteiger partial charge is 0.326 e. The average Bonchev–Trinajstić information content (AvgIpc) is 2.37. The van der Waals surface area contributed by atoms with E-state index >= 15 is 0 Å². The first kappa shape index (κ1) is 16.0. The fraction of sp³-hybridized carbons (Fsp3) is 0.429.